The number of fused-ring (bicyclic) bond motifs is 1. The van der Waals surface area contributed by atoms with Crippen LogP contribution in [-0.4, -0.2) is 46.3 Å². The van der Waals surface area contributed by atoms with Gasteiger partial charge in [0, 0.05) is 24.1 Å². The van der Waals surface area contributed by atoms with Crippen molar-refractivity contribution in [3.63, 3.8) is 0 Å². The standard InChI is InChI=1S/C20H29NO3/c1-19(2,24)11-9-15-5-7-16(8-6-15)18(23)21-12-17-4-3-10-20(17,13-21)14-22/h5-8,17,22,24H,3-4,9-14H2,1-2H3/t17-,20+/m1/s1. The second kappa shape index (κ2) is 6.49. The number of likely N-dealkylation sites (tertiary alicyclic amines) is 1. The van der Waals surface area contributed by atoms with Crippen molar-refractivity contribution < 1.29 is 15.0 Å². The summed E-state index contributed by atoms with van der Waals surface area (Å²) in [6.45, 7) is 5.28. The third kappa shape index (κ3) is 3.50. The molecule has 3 rings (SSSR count). The van der Waals surface area contributed by atoms with Gasteiger partial charge in [-0.2, -0.15) is 0 Å². The zero-order valence-corrected chi connectivity index (χ0v) is 14.8. The molecule has 1 heterocycles. The van der Waals surface area contributed by atoms with E-state index in [2.05, 4.69) is 0 Å². The number of hydrogen-bond acceptors (Lipinski definition) is 3. The molecule has 0 aromatic heterocycles. The van der Waals surface area contributed by atoms with Crippen LogP contribution in [0.3, 0.4) is 0 Å². The van der Waals surface area contributed by atoms with Gasteiger partial charge < -0.3 is 15.1 Å². The number of hydrogen-bond donors (Lipinski definition) is 2. The molecule has 1 aromatic carbocycles. The Bertz CT molecular complexity index is 590. The summed E-state index contributed by atoms with van der Waals surface area (Å²) >= 11 is 0. The van der Waals surface area contributed by atoms with E-state index in [-0.39, 0.29) is 17.9 Å². The molecule has 4 nitrogen and oxygen atoms in total. The number of amides is 1. The Balaban J connectivity index is 1.64. The van der Waals surface area contributed by atoms with E-state index in [1.165, 1.54) is 6.42 Å². The van der Waals surface area contributed by atoms with E-state index < -0.39 is 5.60 Å². The van der Waals surface area contributed by atoms with Crippen LogP contribution in [0.5, 0.6) is 0 Å². The molecule has 2 atom stereocenters. The molecule has 1 aliphatic carbocycles. The zero-order chi connectivity index (χ0) is 17.4. The van der Waals surface area contributed by atoms with Crippen molar-refractivity contribution in [1.29, 1.82) is 0 Å². The first-order chi connectivity index (χ1) is 11.3. The monoisotopic (exact) mass is 331 g/mol. The molecule has 1 amide bonds. The average Bonchev–Trinajstić information content (AvgIpc) is 3.09. The van der Waals surface area contributed by atoms with Crippen LogP contribution in [0.4, 0.5) is 0 Å². The normalized spacial score (nSPS) is 26.7. The molecule has 1 saturated heterocycles. The first kappa shape index (κ1) is 17.4. The predicted octanol–water partition coefficient (Wildman–Crippen LogP) is 2.62. The van der Waals surface area contributed by atoms with Crippen molar-refractivity contribution >= 4 is 5.91 Å². The fraction of sp³-hybridized carbons (Fsp3) is 0.650. The molecule has 2 N–H and O–H groups in total. The van der Waals surface area contributed by atoms with Crippen molar-refractivity contribution in [2.75, 3.05) is 19.7 Å². The molecule has 0 unspecified atom stereocenters. The highest BCUT2D eigenvalue weighted by molar-refractivity contribution is 5.94. The molecular formula is C20H29NO3. The van der Waals surface area contributed by atoms with Gasteiger partial charge in [-0.25, -0.2) is 0 Å². The highest BCUT2D eigenvalue weighted by Gasteiger charge is 2.50. The number of aliphatic hydroxyl groups is 2. The molecule has 0 radical (unpaired) electrons. The van der Waals surface area contributed by atoms with E-state index in [0.717, 1.165) is 36.9 Å². The molecule has 0 bridgehead atoms. The summed E-state index contributed by atoms with van der Waals surface area (Å²) in [4.78, 5) is 14.7. The minimum absolute atomic E-state index is 0.0533. The highest BCUT2D eigenvalue weighted by Crippen LogP contribution is 2.48. The Morgan fingerprint density at radius 1 is 1.33 bits per heavy atom. The Morgan fingerprint density at radius 2 is 2.04 bits per heavy atom. The van der Waals surface area contributed by atoms with E-state index in [1.54, 1.807) is 0 Å². The van der Waals surface area contributed by atoms with Gasteiger partial charge in [-0.3, -0.25) is 4.79 Å². The first-order valence-corrected chi connectivity index (χ1v) is 9.04. The van der Waals surface area contributed by atoms with Crippen molar-refractivity contribution in [3.8, 4) is 0 Å². The van der Waals surface area contributed by atoms with Crippen LogP contribution in [0.15, 0.2) is 24.3 Å². The van der Waals surface area contributed by atoms with Crippen LogP contribution in [0.25, 0.3) is 0 Å². The summed E-state index contributed by atoms with van der Waals surface area (Å²) in [6.07, 6.45) is 4.84. The third-order valence-electron chi connectivity index (χ3n) is 5.87. The van der Waals surface area contributed by atoms with Crippen LogP contribution in [0.2, 0.25) is 0 Å². The van der Waals surface area contributed by atoms with E-state index in [1.807, 2.05) is 43.0 Å². The molecule has 24 heavy (non-hydrogen) atoms. The Hall–Kier alpha value is -1.39. The number of aliphatic hydroxyl groups excluding tert-OH is 1. The van der Waals surface area contributed by atoms with Crippen LogP contribution in [0, 0.1) is 11.3 Å². The van der Waals surface area contributed by atoms with Gasteiger partial charge in [-0.05, 0) is 63.1 Å². The van der Waals surface area contributed by atoms with Crippen molar-refractivity contribution in [3.05, 3.63) is 35.4 Å². The number of carbonyl (C=O) groups excluding carboxylic acids is 1. The summed E-state index contributed by atoms with van der Waals surface area (Å²) in [5.74, 6) is 0.531. The summed E-state index contributed by atoms with van der Waals surface area (Å²) < 4.78 is 0. The second-order valence-electron chi connectivity index (χ2n) is 8.30. The smallest absolute Gasteiger partial charge is 0.253 e. The van der Waals surface area contributed by atoms with E-state index >= 15 is 0 Å². The molecule has 1 aliphatic heterocycles. The summed E-state index contributed by atoms with van der Waals surface area (Å²) in [7, 11) is 0. The molecule has 132 valence electrons. The van der Waals surface area contributed by atoms with Gasteiger partial charge in [0.15, 0.2) is 0 Å². The maximum absolute atomic E-state index is 12.8. The fourth-order valence-electron chi connectivity index (χ4n) is 4.27. The van der Waals surface area contributed by atoms with E-state index in [9.17, 15) is 15.0 Å². The Labute approximate surface area is 144 Å². The molecule has 4 heteroatoms. The fourth-order valence-corrected chi connectivity index (χ4v) is 4.27. The van der Waals surface area contributed by atoms with Gasteiger partial charge in [-0.15, -0.1) is 0 Å². The number of rotatable bonds is 5. The predicted molar refractivity (Wildman–Crippen MR) is 93.8 cm³/mol. The molecule has 1 aromatic rings. The summed E-state index contributed by atoms with van der Waals surface area (Å²) in [5, 5.41) is 19.6. The molecular weight excluding hydrogens is 302 g/mol. The van der Waals surface area contributed by atoms with Crippen LogP contribution in [-0.2, 0) is 6.42 Å². The Kier molecular flexibility index (Phi) is 4.71. The van der Waals surface area contributed by atoms with Gasteiger partial charge in [0.1, 0.15) is 0 Å². The van der Waals surface area contributed by atoms with Gasteiger partial charge in [0.05, 0.1) is 12.2 Å². The lowest BCUT2D eigenvalue weighted by Crippen LogP contribution is -2.33. The minimum Gasteiger partial charge on any atom is -0.396 e. The lowest BCUT2D eigenvalue weighted by atomic mass is 9.82. The number of benzene rings is 1. The number of nitrogens with zero attached hydrogens (tertiary/aromatic N) is 1. The molecule has 0 spiro atoms. The third-order valence-corrected chi connectivity index (χ3v) is 5.87. The van der Waals surface area contributed by atoms with Gasteiger partial charge >= 0.3 is 0 Å². The maximum Gasteiger partial charge on any atom is 0.253 e. The molecule has 1 saturated carbocycles. The minimum atomic E-state index is -0.666. The molecule has 2 fully saturated rings. The van der Waals surface area contributed by atoms with Crippen molar-refractivity contribution in [2.24, 2.45) is 11.3 Å². The van der Waals surface area contributed by atoms with Crippen molar-refractivity contribution in [1.82, 2.24) is 4.90 Å². The lowest BCUT2D eigenvalue weighted by molar-refractivity contribution is 0.0710. The van der Waals surface area contributed by atoms with Crippen LogP contribution in [0.1, 0.15) is 55.5 Å². The zero-order valence-electron chi connectivity index (χ0n) is 14.8. The summed E-state index contributed by atoms with van der Waals surface area (Å²) in [5.41, 5.74) is 1.14. The highest BCUT2D eigenvalue weighted by atomic mass is 16.3. The first-order valence-electron chi connectivity index (χ1n) is 9.04. The van der Waals surface area contributed by atoms with Crippen LogP contribution < -0.4 is 0 Å². The quantitative estimate of drug-likeness (QED) is 0.872. The van der Waals surface area contributed by atoms with Crippen molar-refractivity contribution in [2.45, 2.75) is 51.6 Å². The number of carbonyl (C=O) groups is 1. The van der Waals surface area contributed by atoms with Crippen LogP contribution >= 0.6 is 0 Å². The van der Waals surface area contributed by atoms with E-state index in [0.29, 0.717) is 18.9 Å². The topological polar surface area (TPSA) is 60.8 Å². The lowest BCUT2D eigenvalue weighted by Gasteiger charge is -2.25. The van der Waals surface area contributed by atoms with Gasteiger partial charge in [0.2, 0.25) is 0 Å². The van der Waals surface area contributed by atoms with Gasteiger partial charge in [-0.1, -0.05) is 18.6 Å². The summed E-state index contributed by atoms with van der Waals surface area (Å²) in [6, 6.07) is 7.75. The Morgan fingerprint density at radius 3 is 2.62 bits per heavy atom. The number of aryl methyl sites for hydroxylation is 1. The second-order valence-corrected chi connectivity index (χ2v) is 8.30. The largest absolute Gasteiger partial charge is 0.396 e. The molecule has 2 aliphatic rings. The van der Waals surface area contributed by atoms with E-state index in [4.69, 9.17) is 0 Å². The SMILES string of the molecule is CC(C)(O)CCc1ccc(C(=O)N2C[C@H]3CCC[C@@]3(CO)C2)cc1. The van der Waals surface area contributed by atoms with Gasteiger partial charge in [0.25, 0.3) is 5.91 Å². The maximum atomic E-state index is 12.8. The average molecular weight is 331 g/mol.